The Morgan fingerprint density at radius 2 is 2.06 bits per heavy atom. The van der Waals surface area contributed by atoms with Gasteiger partial charge in [0.25, 0.3) is 0 Å². The van der Waals surface area contributed by atoms with Crippen LogP contribution in [0.2, 0.25) is 0 Å². The second-order valence-electron chi connectivity index (χ2n) is 3.57. The van der Waals surface area contributed by atoms with Crippen LogP contribution in [0.4, 0.5) is 16.2 Å². The molecule has 0 atom stereocenters. The van der Waals surface area contributed by atoms with Gasteiger partial charge in [0.2, 0.25) is 5.95 Å². The smallest absolute Gasteiger partial charge is 0.239 e. The molecule has 7 heteroatoms. The summed E-state index contributed by atoms with van der Waals surface area (Å²) in [5.41, 5.74) is 3.38. The lowest BCUT2D eigenvalue weighted by Gasteiger charge is -2.07. The molecule has 0 unspecified atom stereocenters. The summed E-state index contributed by atoms with van der Waals surface area (Å²) in [6, 6.07) is 3.82. The van der Waals surface area contributed by atoms with Gasteiger partial charge in [-0.15, -0.1) is 0 Å². The normalized spacial score (nSPS) is 10.1. The number of nitrogen functional groups attached to an aromatic ring is 1. The van der Waals surface area contributed by atoms with E-state index >= 15 is 0 Å². The highest BCUT2D eigenvalue weighted by molar-refractivity contribution is 5.40. The van der Waals surface area contributed by atoms with Crippen LogP contribution in [0.3, 0.4) is 0 Å². The molecule has 2 rings (SSSR count). The molecule has 2 aromatic rings. The largest absolute Gasteiger partial charge is 0.367 e. The van der Waals surface area contributed by atoms with E-state index in [4.69, 9.17) is 5.84 Å². The van der Waals surface area contributed by atoms with Crippen LogP contribution in [0.1, 0.15) is 5.56 Å². The molecule has 0 aliphatic heterocycles. The number of nitrogens with two attached hydrogens (primary N) is 1. The van der Waals surface area contributed by atoms with Gasteiger partial charge in [0, 0.05) is 18.9 Å². The van der Waals surface area contributed by atoms with Gasteiger partial charge in [-0.2, -0.15) is 4.98 Å². The predicted octanol–water partition coefficient (Wildman–Crippen LogP) is 0.951. The molecule has 0 aromatic carbocycles. The number of nitrogens with zero attached hydrogens (tertiary/aromatic N) is 3. The van der Waals surface area contributed by atoms with E-state index in [1.54, 1.807) is 12.4 Å². The summed E-state index contributed by atoms with van der Waals surface area (Å²) in [6.45, 7) is 0.557. The van der Waals surface area contributed by atoms with Crippen molar-refractivity contribution >= 4 is 11.8 Å². The summed E-state index contributed by atoms with van der Waals surface area (Å²) >= 11 is 0. The Bertz CT molecular complexity index is 504. The first-order chi connectivity index (χ1) is 8.79. The minimum Gasteiger partial charge on any atom is -0.367 e. The number of hydrogen-bond acceptors (Lipinski definition) is 6. The number of pyridine rings is 1. The highest BCUT2D eigenvalue weighted by atomic mass is 19.1. The molecule has 94 valence electrons. The first-order valence-electron chi connectivity index (χ1n) is 5.41. The highest BCUT2D eigenvalue weighted by Crippen LogP contribution is 2.11. The number of hydrazine groups is 1. The Kier molecular flexibility index (Phi) is 3.98. The van der Waals surface area contributed by atoms with E-state index in [1.165, 1.54) is 0 Å². The third-order valence-electron chi connectivity index (χ3n) is 2.33. The summed E-state index contributed by atoms with van der Waals surface area (Å²) < 4.78 is 13.4. The number of nitrogens with one attached hydrogen (secondary N) is 2. The average molecular weight is 248 g/mol. The number of hydrogen-bond donors (Lipinski definition) is 3. The molecule has 0 radical (unpaired) electrons. The van der Waals surface area contributed by atoms with Crippen LogP contribution < -0.4 is 16.6 Å². The fourth-order valence-electron chi connectivity index (χ4n) is 1.44. The first-order valence-corrected chi connectivity index (χ1v) is 5.41. The summed E-state index contributed by atoms with van der Waals surface area (Å²) in [5.74, 6) is 4.95. The number of halogens is 1. The minimum absolute atomic E-state index is 0.131. The second kappa shape index (κ2) is 5.87. The van der Waals surface area contributed by atoms with Crippen LogP contribution in [0.15, 0.2) is 30.7 Å². The first kappa shape index (κ1) is 12.2. The van der Waals surface area contributed by atoms with E-state index in [0.29, 0.717) is 6.54 Å². The Labute approximate surface area is 103 Å². The van der Waals surface area contributed by atoms with Crippen LogP contribution in [-0.4, -0.2) is 21.5 Å². The molecule has 0 saturated heterocycles. The van der Waals surface area contributed by atoms with Crippen molar-refractivity contribution < 1.29 is 4.39 Å². The molecule has 0 saturated carbocycles. The lowest BCUT2D eigenvalue weighted by Crippen LogP contribution is -2.14. The van der Waals surface area contributed by atoms with Crippen LogP contribution >= 0.6 is 0 Å². The molecule has 2 heterocycles. The molecule has 6 nitrogen and oxygen atoms in total. The lowest BCUT2D eigenvalue weighted by atomic mass is 10.2. The van der Waals surface area contributed by atoms with E-state index in [9.17, 15) is 4.39 Å². The van der Waals surface area contributed by atoms with Crippen molar-refractivity contribution in [1.82, 2.24) is 15.0 Å². The molecular weight excluding hydrogens is 235 g/mol. The number of anilines is 2. The molecule has 0 bridgehead atoms. The van der Waals surface area contributed by atoms with Crippen LogP contribution in [0, 0.1) is 5.82 Å². The van der Waals surface area contributed by atoms with Gasteiger partial charge in [-0.1, -0.05) is 0 Å². The van der Waals surface area contributed by atoms with Gasteiger partial charge in [0.1, 0.15) is 0 Å². The quantitative estimate of drug-likeness (QED) is 0.539. The molecular formula is C11H13FN6. The number of aromatic nitrogens is 3. The van der Waals surface area contributed by atoms with E-state index < -0.39 is 5.82 Å². The maximum atomic E-state index is 13.4. The Hall–Kier alpha value is -2.28. The van der Waals surface area contributed by atoms with Crippen molar-refractivity contribution in [2.45, 2.75) is 6.42 Å². The van der Waals surface area contributed by atoms with Crippen molar-refractivity contribution in [3.05, 3.63) is 42.1 Å². The third-order valence-corrected chi connectivity index (χ3v) is 2.33. The van der Waals surface area contributed by atoms with Crippen molar-refractivity contribution in [1.29, 1.82) is 0 Å². The van der Waals surface area contributed by atoms with Gasteiger partial charge >= 0.3 is 0 Å². The summed E-state index contributed by atoms with van der Waals surface area (Å²) in [6.07, 6.45) is 5.25. The van der Waals surface area contributed by atoms with Crippen molar-refractivity contribution in [3.8, 4) is 0 Å². The fourth-order valence-corrected chi connectivity index (χ4v) is 1.44. The predicted molar refractivity (Wildman–Crippen MR) is 66.2 cm³/mol. The van der Waals surface area contributed by atoms with Crippen LogP contribution in [0.5, 0.6) is 0 Å². The SMILES string of the molecule is NNc1ncc(F)c(NCCc2ccncc2)n1. The molecule has 2 aromatic heterocycles. The van der Waals surface area contributed by atoms with Crippen molar-refractivity contribution in [2.24, 2.45) is 5.84 Å². The molecule has 4 N–H and O–H groups in total. The Morgan fingerprint density at radius 3 is 2.78 bits per heavy atom. The zero-order valence-corrected chi connectivity index (χ0v) is 9.60. The zero-order valence-electron chi connectivity index (χ0n) is 9.60. The van der Waals surface area contributed by atoms with E-state index in [-0.39, 0.29) is 11.8 Å². The molecule has 0 aliphatic carbocycles. The molecule has 0 amide bonds. The van der Waals surface area contributed by atoms with Gasteiger partial charge in [-0.05, 0) is 24.1 Å². The fraction of sp³-hybridized carbons (Fsp3) is 0.182. The van der Waals surface area contributed by atoms with Crippen LogP contribution in [-0.2, 0) is 6.42 Å². The van der Waals surface area contributed by atoms with E-state index in [0.717, 1.165) is 18.2 Å². The monoisotopic (exact) mass is 248 g/mol. The van der Waals surface area contributed by atoms with Gasteiger partial charge in [-0.25, -0.2) is 15.2 Å². The average Bonchev–Trinajstić information content (AvgIpc) is 2.42. The topological polar surface area (TPSA) is 88.8 Å². The standard InChI is InChI=1S/C11H13FN6/c12-9-7-16-11(18-13)17-10(9)15-6-3-8-1-4-14-5-2-8/h1-2,4-5,7H,3,6,13H2,(H2,15,16,17,18). The van der Waals surface area contributed by atoms with Gasteiger partial charge < -0.3 is 5.32 Å². The summed E-state index contributed by atoms with van der Waals surface area (Å²) in [5, 5.41) is 2.89. The highest BCUT2D eigenvalue weighted by Gasteiger charge is 2.05. The zero-order chi connectivity index (χ0) is 12.8. The Balaban J connectivity index is 1.94. The third kappa shape index (κ3) is 3.11. The number of rotatable bonds is 5. The van der Waals surface area contributed by atoms with E-state index in [2.05, 4.69) is 25.7 Å². The Morgan fingerprint density at radius 1 is 1.28 bits per heavy atom. The van der Waals surface area contributed by atoms with Crippen molar-refractivity contribution in [3.63, 3.8) is 0 Å². The van der Waals surface area contributed by atoms with Gasteiger partial charge in [0.15, 0.2) is 11.6 Å². The second-order valence-corrected chi connectivity index (χ2v) is 3.57. The van der Waals surface area contributed by atoms with Crippen molar-refractivity contribution in [2.75, 3.05) is 17.3 Å². The minimum atomic E-state index is -0.510. The summed E-state index contributed by atoms with van der Waals surface area (Å²) in [4.78, 5) is 11.5. The molecule has 0 fully saturated rings. The van der Waals surface area contributed by atoms with Crippen LogP contribution in [0.25, 0.3) is 0 Å². The maximum absolute atomic E-state index is 13.4. The van der Waals surface area contributed by atoms with Gasteiger partial charge in [-0.3, -0.25) is 10.4 Å². The van der Waals surface area contributed by atoms with Gasteiger partial charge in [0.05, 0.1) is 6.20 Å². The maximum Gasteiger partial charge on any atom is 0.239 e. The molecule has 0 spiro atoms. The van der Waals surface area contributed by atoms with E-state index in [1.807, 2.05) is 12.1 Å². The summed E-state index contributed by atoms with van der Waals surface area (Å²) in [7, 11) is 0. The molecule has 18 heavy (non-hydrogen) atoms. The lowest BCUT2D eigenvalue weighted by molar-refractivity contribution is 0.617. The molecule has 0 aliphatic rings.